The Morgan fingerprint density at radius 2 is 1.78 bits per heavy atom. The zero-order valence-electron chi connectivity index (χ0n) is 18.3. The average molecular weight is 428 g/mol. The van der Waals surface area contributed by atoms with Crippen molar-refractivity contribution in [3.05, 3.63) is 82.7 Å². The molecule has 0 spiro atoms. The second-order valence-electron chi connectivity index (χ2n) is 8.75. The van der Waals surface area contributed by atoms with E-state index < -0.39 is 0 Å². The van der Waals surface area contributed by atoms with Gasteiger partial charge in [-0.05, 0) is 91.3 Å². The third-order valence-electron chi connectivity index (χ3n) is 6.72. The van der Waals surface area contributed by atoms with E-state index in [0.29, 0.717) is 0 Å². The van der Waals surface area contributed by atoms with E-state index in [4.69, 9.17) is 4.99 Å². The highest BCUT2D eigenvalue weighted by Crippen LogP contribution is 2.35. The molecular formula is C26H26FN5. The summed E-state index contributed by atoms with van der Waals surface area (Å²) in [4.78, 5) is 9.30. The third-order valence-corrected chi connectivity index (χ3v) is 6.72. The number of hydrogen-bond donors (Lipinski definition) is 0. The SMILES string of the molecule is Cc1cn(-c2ccc(/C=C3/CCCN4C3=NCCN4c3ccc(F)cc3)c3c2CC3)cn1. The number of imidazole rings is 1. The molecular weight excluding hydrogens is 401 g/mol. The first-order valence-electron chi connectivity index (χ1n) is 11.4. The van der Waals surface area contributed by atoms with Gasteiger partial charge in [0.15, 0.2) is 0 Å². The van der Waals surface area contributed by atoms with Crippen molar-refractivity contribution in [2.45, 2.75) is 32.6 Å². The van der Waals surface area contributed by atoms with Gasteiger partial charge >= 0.3 is 0 Å². The van der Waals surface area contributed by atoms with E-state index in [-0.39, 0.29) is 5.82 Å². The van der Waals surface area contributed by atoms with Gasteiger partial charge in [-0.25, -0.2) is 9.37 Å². The monoisotopic (exact) mass is 427 g/mol. The molecule has 2 aromatic carbocycles. The van der Waals surface area contributed by atoms with E-state index in [1.165, 1.54) is 40.1 Å². The van der Waals surface area contributed by atoms with E-state index in [0.717, 1.165) is 62.5 Å². The first-order valence-corrected chi connectivity index (χ1v) is 11.4. The predicted molar refractivity (Wildman–Crippen MR) is 126 cm³/mol. The zero-order chi connectivity index (χ0) is 21.7. The highest BCUT2D eigenvalue weighted by molar-refractivity contribution is 6.04. The summed E-state index contributed by atoms with van der Waals surface area (Å²) < 4.78 is 15.6. The number of halogens is 1. The molecule has 0 radical (unpaired) electrons. The lowest BCUT2D eigenvalue weighted by molar-refractivity contribution is 0.348. The van der Waals surface area contributed by atoms with Gasteiger partial charge in [0.05, 0.1) is 30.8 Å². The van der Waals surface area contributed by atoms with Crippen molar-refractivity contribution in [3.63, 3.8) is 0 Å². The molecule has 6 heteroatoms. The minimum Gasteiger partial charge on any atom is -0.306 e. The molecule has 32 heavy (non-hydrogen) atoms. The van der Waals surface area contributed by atoms with Gasteiger partial charge in [0.25, 0.3) is 0 Å². The standard InChI is InChI=1S/C26H26FN5/c1-18-16-30(17-29-18)25-11-4-19(23-9-10-24(23)25)15-20-3-2-13-32-26(20)28-12-14-31(32)22-7-5-21(27)6-8-22/h4-8,11,15-17H,2-3,9-10,12-14H2,1H3/b20-15-. The number of anilines is 1. The third kappa shape index (κ3) is 3.22. The maximum Gasteiger partial charge on any atom is 0.145 e. The Hall–Kier alpha value is -3.41. The van der Waals surface area contributed by atoms with Crippen molar-refractivity contribution in [2.75, 3.05) is 24.6 Å². The second kappa shape index (κ2) is 7.62. The predicted octanol–water partition coefficient (Wildman–Crippen LogP) is 4.73. The minimum atomic E-state index is -0.203. The Morgan fingerprint density at radius 1 is 0.938 bits per heavy atom. The van der Waals surface area contributed by atoms with Gasteiger partial charge in [-0.2, -0.15) is 0 Å². The Bertz CT molecular complexity index is 1240. The van der Waals surface area contributed by atoms with E-state index in [2.05, 4.69) is 44.0 Å². The lowest BCUT2D eigenvalue weighted by atomic mass is 9.82. The molecule has 2 aliphatic heterocycles. The summed E-state index contributed by atoms with van der Waals surface area (Å²) in [6.45, 7) is 4.52. The summed E-state index contributed by atoms with van der Waals surface area (Å²) in [5.74, 6) is 0.861. The molecule has 5 nitrogen and oxygen atoms in total. The van der Waals surface area contributed by atoms with Crippen LogP contribution in [0.25, 0.3) is 11.8 Å². The van der Waals surface area contributed by atoms with Crippen LogP contribution in [0.3, 0.4) is 0 Å². The van der Waals surface area contributed by atoms with Crippen LogP contribution >= 0.6 is 0 Å². The van der Waals surface area contributed by atoms with Crippen molar-refractivity contribution in [2.24, 2.45) is 4.99 Å². The second-order valence-corrected chi connectivity index (χ2v) is 8.75. The number of amidine groups is 1. The maximum absolute atomic E-state index is 13.4. The molecule has 3 aromatic rings. The summed E-state index contributed by atoms with van der Waals surface area (Å²) >= 11 is 0. The summed E-state index contributed by atoms with van der Waals surface area (Å²) in [6.07, 6.45) is 10.7. The van der Waals surface area contributed by atoms with Gasteiger partial charge in [0, 0.05) is 18.4 Å². The fourth-order valence-electron chi connectivity index (χ4n) is 5.07. The summed E-state index contributed by atoms with van der Waals surface area (Å²) in [5, 5.41) is 4.53. The number of aryl methyl sites for hydroxylation is 1. The lowest BCUT2D eigenvalue weighted by Crippen LogP contribution is -2.53. The van der Waals surface area contributed by atoms with Crippen molar-refractivity contribution in [1.82, 2.24) is 14.6 Å². The van der Waals surface area contributed by atoms with E-state index in [1.807, 2.05) is 25.4 Å². The molecule has 1 saturated heterocycles. The van der Waals surface area contributed by atoms with Gasteiger partial charge < -0.3 is 4.57 Å². The minimum absolute atomic E-state index is 0.203. The first kappa shape index (κ1) is 19.3. The smallest absolute Gasteiger partial charge is 0.145 e. The summed E-state index contributed by atoms with van der Waals surface area (Å²) in [5.41, 5.74) is 8.79. The number of piperidine rings is 1. The van der Waals surface area contributed by atoms with Crippen LogP contribution in [0.2, 0.25) is 0 Å². The normalized spacial score (nSPS) is 18.8. The van der Waals surface area contributed by atoms with Crippen LogP contribution in [0, 0.1) is 12.7 Å². The van der Waals surface area contributed by atoms with Gasteiger partial charge in [0.2, 0.25) is 0 Å². The summed E-state index contributed by atoms with van der Waals surface area (Å²) in [7, 11) is 0. The molecule has 0 saturated carbocycles. The first-order chi connectivity index (χ1) is 15.7. The highest BCUT2D eigenvalue weighted by Gasteiger charge is 2.30. The van der Waals surface area contributed by atoms with E-state index in [1.54, 1.807) is 0 Å². The molecule has 1 aromatic heterocycles. The molecule has 0 amide bonds. The number of rotatable bonds is 3. The van der Waals surface area contributed by atoms with Gasteiger partial charge in [-0.15, -0.1) is 0 Å². The van der Waals surface area contributed by atoms with Crippen molar-refractivity contribution >= 4 is 17.6 Å². The quantitative estimate of drug-likeness (QED) is 0.606. The van der Waals surface area contributed by atoms with Gasteiger partial charge in [-0.3, -0.25) is 15.0 Å². The number of fused-ring (bicyclic) bond motifs is 2. The molecule has 1 aliphatic carbocycles. The molecule has 1 fully saturated rings. The summed E-state index contributed by atoms with van der Waals surface area (Å²) in [6, 6.07) is 11.2. The number of benzene rings is 2. The van der Waals surface area contributed by atoms with Crippen LogP contribution in [0.1, 0.15) is 35.2 Å². The molecule has 0 N–H and O–H groups in total. The molecule has 0 unspecified atom stereocenters. The van der Waals surface area contributed by atoms with E-state index >= 15 is 0 Å². The van der Waals surface area contributed by atoms with Crippen LogP contribution in [0.5, 0.6) is 0 Å². The number of hydrazine groups is 1. The largest absolute Gasteiger partial charge is 0.306 e. The molecule has 3 aliphatic rings. The molecule has 6 rings (SSSR count). The molecule has 0 atom stereocenters. The van der Waals surface area contributed by atoms with Crippen LogP contribution in [-0.4, -0.2) is 40.0 Å². The Kier molecular flexibility index (Phi) is 4.59. The van der Waals surface area contributed by atoms with Crippen LogP contribution in [0.15, 0.2) is 59.5 Å². The lowest BCUT2D eigenvalue weighted by Gasteiger charge is -2.44. The number of aromatic nitrogens is 2. The highest BCUT2D eigenvalue weighted by atomic mass is 19.1. The van der Waals surface area contributed by atoms with Crippen molar-refractivity contribution in [1.29, 1.82) is 0 Å². The Labute approximate surface area is 187 Å². The maximum atomic E-state index is 13.4. The Balaban J connectivity index is 1.33. The average Bonchev–Trinajstić information content (AvgIpc) is 3.21. The molecule has 3 heterocycles. The van der Waals surface area contributed by atoms with Gasteiger partial charge in [-0.1, -0.05) is 6.07 Å². The van der Waals surface area contributed by atoms with Crippen molar-refractivity contribution in [3.8, 4) is 5.69 Å². The Morgan fingerprint density at radius 3 is 2.53 bits per heavy atom. The molecule has 0 bridgehead atoms. The number of nitrogens with zero attached hydrogens (tertiary/aromatic N) is 5. The fourth-order valence-corrected chi connectivity index (χ4v) is 5.07. The van der Waals surface area contributed by atoms with Crippen molar-refractivity contribution < 1.29 is 4.39 Å². The van der Waals surface area contributed by atoms with Gasteiger partial charge in [0.1, 0.15) is 11.7 Å². The van der Waals surface area contributed by atoms with Crippen LogP contribution in [0.4, 0.5) is 10.1 Å². The topological polar surface area (TPSA) is 36.7 Å². The number of aliphatic imine (C=N–C) groups is 1. The van der Waals surface area contributed by atoms with Crippen LogP contribution in [-0.2, 0) is 12.8 Å². The van der Waals surface area contributed by atoms with E-state index in [9.17, 15) is 4.39 Å². The zero-order valence-corrected chi connectivity index (χ0v) is 18.3. The number of hydrogen-bond acceptors (Lipinski definition) is 4. The van der Waals surface area contributed by atoms with Crippen LogP contribution < -0.4 is 5.01 Å². The molecule has 162 valence electrons. The fraction of sp³-hybridized carbons (Fsp3) is 0.308.